The first-order chi connectivity index (χ1) is 13.6. The van der Waals surface area contributed by atoms with Crippen LogP contribution in [-0.2, 0) is 9.59 Å². The number of nitrogens with zero attached hydrogens (tertiary/aromatic N) is 2. The van der Waals surface area contributed by atoms with Crippen LogP contribution < -0.4 is 10.6 Å². The highest BCUT2D eigenvalue weighted by molar-refractivity contribution is 5.91. The molecule has 0 spiro atoms. The molecule has 28 heavy (non-hydrogen) atoms. The number of piperidine rings is 1. The van der Waals surface area contributed by atoms with Crippen molar-refractivity contribution in [2.45, 2.75) is 56.7 Å². The molecule has 3 fully saturated rings. The van der Waals surface area contributed by atoms with Gasteiger partial charge in [-0.25, -0.2) is 0 Å². The molecule has 3 amide bonds. The summed E-state index contributed by atoms with van der Waals surface area (Å²) in [6, 6.07) is 3.08. The molecular formula is C20H28N4O4. The summed E-state index contributed by atoms with van der Waals surface area (Å²) >= 11 is 0. The van der Waals surface area contributed by atoms with Gasteiger partial charge >= 0.3 is 0 Å². The lowest BCUT2D eigenvalue weighted by Crippen LogP contribution is -2.58. The number of piperazine rings is 1. The van der Waals surface area contributed by atoms with Gasteiger partial charge in [-0.1, -0.05) is 0 Å². The molecule has 3 aliphatic rings. The fourth-order valence-corrected chi connectivity index (χ4v) is 4.60. The van der Waals surface area contributed by atoms with E-state index in [2.05, 4.69) is 15.5 Å². The van der Waals surface area contributed by atoms with Crippen LogP contribution in [0.2, 0.25) is 0 Å². The summed E-state index contributed by atoms with van der Waals surface area (Å²) < 4.78 is 5.14. The van der Waals surface area contributed by atoms with Gasteiger partial charge in [-0.2, -0.15) is 0 Å². The van der Waals surface area contributed by atoms with E-state index in [4.69, 9.17) is 4.42 Å². The predicted molar refractivity (Wildman–Crippen MR) is 102 cm³/mol. The van der Waals surface area contributed by atoms with Crippen molar-refractivity contribution in [1.29, 1.82) is 0 Å². The van der Waals surface area contributed by atoms with Crippen molar-refractivity contribution >= 4 is 17.7 Å². The number of furan rings is 1. The van der Waals surface area contributed by atoms with Crippen molar-refractivity contribution in [2.24, 2.45) is 0 Å². The topological polar surface area (TPSA) is 94.9 Å². The number of carbonyl (C=O) groups is 3. The van der Waals surface area contributed by atoms with Crippen LogP contribution in [-0.4, -0.2) is 71.8 Å². The average molecular weight is 388 g/mol. The summed E-state index contributed by atoms with van der Waals surface area (Å²) in [5.41, 5.74) is 0. The van der Waals surface area contributed by atoms with Gasteiger partial charge in [0.15, 0.2) is 5.76 Å². The molecule has 0 unspecified atom stereocenters. The first kappa shape index (κ1) is 19.0. The third-order valence-electron chi connectivity index (χ3n) is 6.10. The number of carbonyl (C=O) groups excluding carboxylic acids is 3. The maximum Gasteiger partial charge on any atom is 0.287 e. The van der Waals surface area contributed by atoms with Gasteiger partial charge in [-0.05, 0) is 44.2 Å². The van der Waals surface area contributed by atoms with Crippen molar-refractivity contribution in [3.63, 3.8) is 0 Å². The SMILES string of the molecule is O=C(N[C@@H]1C[C@H]2C(=O)NC[C@@H](CCC(=O)N3CCCCC3)N2C1)c1ccco1. The molecule has 0 radical (unpaired) electrons. The standard InChI is InChI=1S/C20H28N4O4/c25-18(23-8-2-1-3-9-23)7-6-15-12-21-19(26)16-11-14(13-24(15)16)22-20(27)17-5-4-10-28-17/h4-5,10,14-16H,1-3,6-9,11-13H2,(H,21,26)(H,22,27)/t14-,15-,16+/m1/s1. The van der Waals surface area contributed by atoms with E-state index in [0.717, 1.165) is 32.4 Å². The first-order valence-electron chi connectivity index (χ1n) is 10.3. The second kappa shape index (κ2) is 8.34. The number of rotatable bonds is 5. The molecule has 2 N–H and O–H groups in total. The Labute approximate surface area is 164 Å². The Morgan fingerprint density at radius 3 is 2.82 bits per heavy atom. The van der Waals surface area contributed by atoms with Gasteiger partial charge in [0, 0.05) is 44.7 Å². The predicted octanol–water partition coefficient (Wildman–Crippen LogP) is 0.743. The summed E-state index contributed by atoms with van der Waals surface area (Å²) in [6.07, 6.45) is 6.68. The maximum absolute atomic E-state index is 12.5. The molecule has 0 bridgehead atoms. The van der Waals surface area contributed by atoms with Gasteiger partial charge in [0.05, 0.1) is 12.3 Å². The molecule has 1 aromatic rings. The maximum atomic E-state index is 12.5. The molecule has 4 heterocycles. The highest BCUT2D eigenvalue weighted by Gasteiger charge is 2.44. The largest absolute Gasteiger partial charge is 0.459 e. The molecule has 3 saturated heterocycles. The van der Waals surface area contributed by atoms with Gasteiger partial charge in [0.2, 0.25) is 11.8 Å². The number of nitrogens with one attached hydrogen (secondary N) is 2. The second-order valence-electron chi connectivity index (χ2n) is 7.98. The summed E-state index contributed by atoms with van der Waals surface area (Å²) in [5, 5.41) is 5.94. The molecule has 8 heteroatoms. The Hall–Kier alpha value is -2.35. The van der Waals surface area contributed by atoms with Crippen LogP contribution in [0.1, 0.15) is 49.1 Å². The molecular weight excluding hydrogens is 360 g/mol. The highest BCUT2D eigenvalue weighted by atomic mass is 16.3. The molecule has 8 nitrogen and oxygen atoms in total. The van der Waals surface area contributed by atoms with E-state index in [1.807, 2.05) is 4.90 Å². The minimum atomic E-state index is -0.257. The smallest absolute Gasteiger partial charge is 0.287 e. The van der Waals surface area contributed by atoms with Crippen molar-refractivity contribution in [3.05, 3.63) is 24.2 Å². The van der Waals surface area contributed by atoms with E-state index in [-0.39, 0.29) is 41.6 Å². The third-order valence-corrected chi connectivity index (χ3v) is 6.10. The van der Waals surface area contributed by atoms with Gasteiger partial charge < -0.3 is 20.0 Å². The van der Waals surface area contributed by atoms with Crippen LogP contribution >= 0.6 is 0 Å². The highest BCUT2D eigenvalue weighted by Crippen LogP contribution is 2.26. The second-order valence-corrected chi connectivity index (χ2v) is 7.98. The van der Waals surface area contributed by atoms with Gasteiger partial charge in [0.1, 0.15) is 0 Å². The van der Waals surface area contributed by atoms with E-state index in [1.165, 1.54) is 12.7 Å². The molecule has 0 aliphatic carbocycles. The summed E-state index contributed by atoms with van der Waals surface area (Å²) in [5.74, 6) is 0.244. The average Bonchev–Trinajstić information content (AvgIpc) is 3.38. The van der Waals surface area contributed by atoms with Crippen molar-refractivity contribution in [2.75, 3.05) is 26.2 Å². The quantitative estimate of drug-likeness (QED) is 0.776. The Bertz CT molecular complexity index is 714. The van der Waals surface area contributed by atoms with Gasteiger partial charge in [-0.15, -0.1) is 0 Å². The molecule has 0 saturated carbocycles. The molecule has 1 aromatic heterocycles. The lowest BCUT2D eigenvalue weighted by Gasteiger charge is -2.37. The zero-order chi connectivity index (χ0) is 19.5. The normalized spacial score (nSPS) is 27.9. The molecule has 3 aliphatic heterocycles. The molecule has 0 aromatic carbocycles. The fourth-order valence-electron chi connectivity index (χ4n) is 4.60. The lowest BCUT2D eigenvalue weighted by atomic mass is 10.0. The molecule has 3 atom stereocenters. The summed E-state index contributed by atoms with van der Waals surface area (Å²) in [4.78, 5) is 41.2. The van der Waals surface area contributed by atoms with Crippen LogP contribution in [0.4, 0.5) is 0 Å². The Morgan fingerprint density at radius 2 is 2.07 bits per heavy atom. The van der Waals surface area contributed by atoms with E-state index in [1.54, 1.807) is 12.1 Å². The van der Waals surface area contributed by atoms with Crippen LogP contribution in [0.15, 0.2) is 22.8 Å². The van der Waals surface area contributed by atoms with Crippen LogP contribution in [0.25, 0.3) is 0 Å². The Balaban J connectivity index is 1.33. The number of hydrogen-bond donors (Lipinski definition) is 2. The lowest BCUT2D eigenvalue weighted by molar-refractivity contribution is -0.133. The zero-order valence-electron chi connectivity index (χ0n) is 16.1. The fraction of sp³-hybridized carbons (Fsp3) is 0.650. The van der Waals surface area contributed by atoms with E-state index >= 15 is 0 Å². The monoisotopic (exact) mass is 388 g/mol. The summed E-state index contributed by atoms with van der Waals surface area (Å²) in [6.45, 7) is 2.91. The van der Waals surface area contributed by atoms with E-state index in [9.17, 15) is 14.4 Å². The minimum Gasteiger partial charge on any atom is -0.459 e. The van der Waals surface area contributed by atoms with Crippen LogP contribution in [0, 0.1) is 0 Å². The number of likely N-dealkylation sites (tertiary alicyclic amines) is 1. The van der Waals surface area contributed by atoms with Crippen molar-refractivity contribution < 1.29 is 18.8 Å². The first-order valence-corrected chi connectivity index (χ1v) is 10.3. The number of amides is 3. The molecule has 152 valence electrons. The summed E-state index contributed by atoms with van der Waals surface area (Å²) in [7, 11) is 0. The van der Waals surface area contributed by atoms with Crippen molar-refractivity contribution in [3.8, 4) is 0 Å². The Morgan fingerprint density at radius 1 is 1.25 bits per heavy atom. The van der Waals surface area contributed by atoms with Crippen LogP contribution in [0.3, 0.4) is 0 Å². The zero-order valence-corrected chi connectivity index (χ0v) is 16.1. The van der Waals surface area contributed by atoms with Crippen LogP contribution in [0.5, 0.6) is 0 Å². The minimum absolute atomic E-state index is 0.00774. The number of fused-ring (bicyclic) bond motifs is 1. The van der Waals surface area contributed by atoms with Crippen molar-refractivity contribution in [1.82, 2.24) is 20.4 Å². The number of hydrogen-bond acceptors (Lipinski definition) is 5. The third kappa shape index (κ3) is 4.06. The van der Waals surface area contributed by atoms with E-state index < -0.39 is 0 Å². The van der Waals surface area contributed by atoms with E-state index in [0.29, 0.717) is 25.9 Å². The van der Waals surface area contributed by atoms with Gasteiger partial charge in [-0.3, -0.25) is 19.3 Å². The van der Waals surface area contributed by atoms with Gasteiger partial charge in [0.25, 0.3) is 5.91 Å². The Kier molecular flexibility index (Phi) is 5.66. The molecule has 4 rings (SSSR count).